The number of rotatable bonds is 3. The highest BCUT2D eigenvalue weighted by Gasteiger charge is 2.26. The Labute approximate surface area is 91.0 Å². The minimum Gasteiger partial charge on any atom is -0.491 e. The number of benzene rings is 1. The monoisotopic (exact) mass is 232 g/mol. The predicted molar refractivity (Wildman–Crippen MR) is 52.2 cm³/mol. The van der Waals surface area contributed by atoms with Gasteiger partial charge in [0.25, 0.3) is 0 Å². The highest BCUT2D eigenvalue weighted by atomic mass is 19.2. The second-order valence-corrected chi connectivity index (χ2v) is 3.25. The molecule has 2 nitrogen and oxygen atoms in total. The first kappa shape index (κ1) is 12.5. The summed E-state index contributed by atoms with van der Waals surface area (Å²) in [6, 6.07) is 0. The van der Waals surface area contributed by atoms with Crippen molar-refractivity contribution in [3.63, 3.8) is 0 Å². The maximum Gasteiger partial charge on any atom is 0.203 e. The van der Waals surface area contributed by atoms with Gasteiger partial charge in [-0.2, -0.15) is 4.39 Å². The molecule has 1 aromatic carbocycles. The summed E-state index contributed by atoms with van der Waals surface area (Å²) >= 11 is 0. The zero-order chi connectivity index (χ0) is 12.5. The van der Waals surface area contributed by atoms with Gasteiger partial charge in [0.2, 0.25) is 5.82 Å². The van der Waals surface area contributed by atoms with Gasteiger partial charge >= 0.3 is 0 Å². The van der Waals surface area contributed by atoms with Crippen LogP contribution in [0.5, 0.6) is 5.75 Å². The lowest BCUT2D eigenvalue weighted by Crippen LogP contribution is -2.10. The van der Waals surface area contributed by atoms with Crippen molar-refractivity contribution in [3.05, 3.63) is 28.6 Å². The van der Waals surface area contributed by atoms with Crippen LogP contribution in [0.1, 0.15) is 29.3 Å². The van der Waals surface area contributed by atoms with Crippen LogP contribution in [0.15, 0.2) is 0 Å². The van der Waals surface area contributed by atoms with Gasteiger partial charge in [-0.3, -0.25) is 4.79 Å². The second-order valence-electron chi connectivity index (χ2n) is 3.25. The number of hydrogen-bond donors (Lipinski definition) is 0. The van der Waals surface area contributed by atoms with Gasteiger partial charge in [-0.25, -0.2) is 8.78 Å². The average Bonchev–Trinajstić information content (AvgIpc) is 2.27. The third-order valence-electron chi connectivity index (χ3n) is 2.32. The number of methoxy groups -OCH3 is 1. The van der Waals surface area contributed by atoms with E-state index >= 15 is 0 Å². The van der Waals surface area contributed by atoms with Crippen molar-refractivity contribution >= 4 is 5.78 Å². The molecule has 0 radical (unpaired) electrons. The SMILES string of the molecule is CCC(=O)c1c(C)c(F)c(F)c(OC)c1F. The van der Waals surface area contributed by atoms with Crippen LogP contribution >= 0.6 is 0 Å². The summed E-state index contributed by atoms with van der Waals surface area (Å²) in [6.45, 7) is 2.67. The molecule has 0 aliphatic rings. The Morgan fingerprint density at radius 1 is 1.19 bits per heavy atom. The molecule has 0 saturated carbocycles. The van der Waals surface area contributed by atoms with Crippen LogP contribution in [-0.4, -0.2) is 12.9 Å². The topological polar surface area (TPSA) is 26.3 Å². The molecule has 1 rings (SSSR count). The van der Waals surface area contributed by atoms with Crippen molar-refractivity contribution < 1.29 is 22.7 Å². The summed E-state index contributed by atoms with van der Waals surface area (Å²) < 4.78 is 44.6. The van der Waals surface area contributed by atoms with Crippen molar-refractivity contribution in [2.24, 2.45) is 0 Å². The number of Topliss-reactive ketones (excluding diaryl/α,β-unsaturated/α-hetero) is 1. The molecule has 0 unspecified atom stereocenters. The van der Waals surface area contributed by atoms with Crippen molar-refractivity contribution in [1.82, 2.24) is 0 Å². The number of carbonyl (C=O) groups excluding carboxylic acids is 1. The molecule has 0 aromatic heterocycles. The van der Waals surface area contributed by atoms with E-state index in [9.17, 15) is 18.0 Å². The highest BCUT2D eigenvalue weighted by Crippen LogP contribution is 2.30. The molecule has 0 amide bonds. The van der Waals surface area contributed by atoms with E-state index in [0.717, 1.165) is 14.0 Å². The lowest BCUT2D eigenvalue weighted by molar-refractivity contribution is 0.0982. The van der Waals surface area contributed by atoms with Crippen molar-refractivity contribution in [3.8, 4) is 5.75 Å². The summed E-state index contributed by atoms with van der Waals surface area (Å²) in [6.07, 6.45) is 0.00594. The minimum atomic E-state index is -1.41. The first-order valence-electron chi connectivity index (χ1n) is 4.69. The molecule has 0 N–H and O–H groups in total. The minimum absolute atomic E-state index is 0.00594. The van der Waals surface area contributed by atoms with Crippen LogP contribution in [0.25, 0.3) is 0 Å². The maximum atomic E-state index is 13.7. The Kier molecular flexibility index (Phi) is 3.57. The van der Waals surface area contributed by atoms with E-state index in [0.29, 0.717) is 0 Å². The maximum absolute atomic E-state index is 13.7. The fourth-order valence-corrected chi connectivity index (χ4v) is 1.44. The Morgan fingerprint density at radius 2 is 1.75 bits per heavy atom. The van der Waals surface area contributed by atoms with Crippen LogP contribution in [0.3, 0.4) is 0 Å². The third-order valence-corrected chi connectivity index (χ3v) is 2.32. The molecule has 0 bridgehead atoms. The van der Waals surface area contributed by atoms with Crippen LogP contribution in [0.4, 0.5) is 13.2 Å². The number of hydrogen-bond acceptors (Lipinski definition) is 2. The van der Waals surface area contributed by atoms with Crippen LogP contribution < -0.4 is 4.74 Å². The largest absolute Gasteiger partial charge is 0.491 e. The summed E-state index contributed by atoms with van der Waals surface area (Å²) in [4.78, 5) is 11.4. The molecule has 16 heavy (non-hydrogen) atoms. The van der Waals surface area contributed by atoms with Gasteiger partial charge in [0.15, 0.2) is 23.2 Å². The molecule has 0 heterocycles. The lowest BCUT2D eigenvalue weighted by atomic mass is 10.0. The molecule has 0 aliphatic heterocycles. The van der Waals surface area contributed by atoms with Gasteiger partial charge in [0.05, 0.1) is 12.7 Å². The normalized spacial score (nSPS) is 10.4. The fraction of sp³-hybridized carbons (Fsp3) is 0.364. The van der Waals surface area contributed by atoms with Gasteiger partial charge in [-0.15, -0.1) is 0 Å². The zero-order valence-electron chi connectivity index (χ0n) is 9.16. The molecule has 0 aliphatic carbocycles. The molecule has 0 saturated heterocycles. The van der Waals surface area contributed by atoms with E-state index in [1.165, 1.54) is 6.92 Å². The average molecular weight is 232 g/mol. The number of halogens is 3. The van der Waals surface area contributed by atoms with E-state index in [4.69, 9.17) is 0 Å². The van der Waals surface area contributed by atoms with Crippen molar-refractivity contribution in [2.75, 3.05) is 7.11 Å². The Hall–Kier alpha value is -1.52. The molecule has 1 aromatic rings. The molecule has 0 atom stereocenters. The smallest absolute Gasteiger partial charge is 0.203 e. The van der Waals surface area contributed by atoms with Gasteiger partial charge in [-0.05, 0) is 6.92 Å². The predicted octanol–water partition coefficient (Wildman–Crippen LogP) is 3.01. The lowest BCUT2D eigenvalue weighted by Gasteiger charge is -2.11. The molecule has 88 valence electrons. The molecule has 0 fully saturated rings. The standard InChI is InChI=1S/C11H11F3O2/c1-4-6(15)7-5(2)8(12)10(14)11(16-3)9(7)13/h4H2,1-3H3. The van der Waals surface area contributed by atoms with E-state index in [2.05, 4.69) is 4.74 Å². The molecule has 5 heteroatoms. The molecular formula is C11H11F3O2. The Balaban J connectivity index is 3.62. The van der Waals surface area contributed by atoms with Crippen molar-refractivity contribution in [1.29, 1.82) is 0 Å². The quantitative estimate of drug-likeness (QED) is 0.591. The van der Waals surface area contributed by atoms with Crippen LogP contribution in [0.2, 0.25) is 0 Å². The number of ether oxygens (including phenoxy) is 1. The summed E-state index contributed by atoms with van der Waals surface area (Å²) in [7, 11) is 1.01. The first-order valence-corrected chi connectivity index (χ1v) is 4.69. The van der Waals surface area contributed by atoms with E-state index < -0.39 is 34.5 Å². The molecular weight excluding hydrogens is 221 g/mol. The zero-order valence-corrected chi connectivity index (χ0v) is 9.16. The Morgan fingerprint density at radius 3 is 2.19 bits per heavy atom. The summed E-state index contributed by atoms with van der Waals surface area (Å²) in [5.41, 5.74) is -0.777. The fourth-order valence-electron chi connectivity index (χ4n) is 1.44. The Bertz CT molecular complexity index is 442. The first-order chi connectivity index (χ1) is 7.45. The third kappa shape index (κ3) is 1.77. The summed E-state index contributed by atoms with van der Waals surface area (Å²) in [5, 5.41) is 0. The van der Waals surface area contributed by atoms with E-state index in [1.807, 2.05) is 0 Å². The van der Waals surface area contributed by atoms with Crippen LogP contribution in [0, 0.1) is 24.4 Å². The summed E-state index contributed by atoms with van der Waals surface area (Å²) in [5.74, 6) is -5.27. The second kappa shape index (κ2) is 4.55. The van der Waals surface area contributed by atoms with Gasteiger partial charge < -0.3 is 4.74 Å². The van der Waals surface area contributed by atoms with E-state index in [1.54, 1.807) is 0 Å². The van der Waals surface area contributed by atoms with Crippen molar-refractivity contribution in [2.45, 2.75) is 20.3 Å². The van der Waals surface area contributed by atoms with Gasteiger partial charge in [0.1, 0.15) is 0 Å². The van der Waals surface area contributed by atoms with E-state index in [-0.39, 0.29) is 12.0 Å². The van der Waals surface area contributed by atoms with Gasteiger partial charge in [0, 0.05) is 12.0 Å². The molecule has 0 spiro atoms. The number of ketones is 1. The highest BCUT2D eigenvalue weighted by molar-refractivity contribution is 5.98. The van der Waals surface area contributed by atoms with Crippen LogP contribution in [-0.2, 0) is 0 Å². The van der Waals surface area contributed by atoms with Gasteiger partial charge in [-0.1, -0.05) is 6.92 Å². The number of carbonyl (C=O) groups is 1.